The Kier molecular flexibility index (Phi) is 5.23. The lowest BCUT2D eigenvalue weighted by molar-refractivity contribution is 0.652. The number of anilines is 1. The van der Waals surface area contributed by atoms with E-state index in [9.17, 15) is 0 Å². The number of rotatable bonds is 6. The first kappa shape index (κ1) is 13.8. The van der Waals surface area contributed by atoms with Crippen molar-refractivity contribution < 1.29 is 0 Å². The van der Waals surface area contributed by atoms with Crippen LogP contribution in [-0.2, 0) is 0 Å². The van der Waals surface area contributed by atoms with Crippen molar-refractivity contribution >= 4 is 5.69 Å². The van der Waals surface area contributed by atoms with Crippen LogP contribution < -0.4 is 10.2 Å². The molecule has 0 radical (unpaired) electrons. The van der Waals surface area contributed by atoms with Crippen molar-refractivity contribution in [2.45, 2.75) is 26.8 Å². The number of benzene rings is 1. The third kappa shape index (κ3) is 3.90. The molecule has 0 aliphatic heterocycles. The molecule has 0 saturated heterocycles. The second kappa shape index (κ2) is 6.45. The van der Waals surface area contributed by atoms with Gasteiger partial charge in [-0.15, -0.1) is 0 Å². The first-order valence-electron chi connectivity index (χ1n) is 6.25. The van der Waals surface area contributed by atoms with Crippen LogP contribution in [0, 0.1) is 0 Å². The summed E-state index contributed by atoms with van der Waals surface area (Å²) in [5.74, 6) is 0. The molecule has 94 valence electrons. The summed E-state index contributed by atoms with van der Waals surface area (Å²) in [4.78, 5) is 2.33. The molecule has 0 bridgehead atoms. The van der Waals surface area contributed by atoms with Gasteiger partial charge in [-0.25, -0.2) is 0 Å². The highest BCUT2D eigenvalue weighted by Crippen LogP contribution is 2.19. The van der Waals surface area contributed by atoms with E-state index in [0.717, 1.165) is 13.1 Å². The van der Waals surface area contributed by atoms with Crippen LogP contribution in [0.15, 0.2) is 36.4 Å². The smallest absolute Gasteiger partial charge is 0.0383 e. The fourth-order valence-electron chi connectivity index (χ4n) is 1.85. The first-order valence-corrected chi connectivity index (χ1v) is 6.25. The number of likely N-dealkylation sites (N-methyl/N-ethyl adjacent to an activating group) is 1. The molecule has 0 aliphatic carbocycles. The van der Waals surface area contributed by atoms with Crippen molar-refractivity contribution in [3.63, 3.8) is 0 Å². The van der Waals surface area contributed by atoms with E-state index in [2.05, 4.69) is 61.8 Å². The van der Waals surface area contributed by atoms with Gasteiger partial charge in [-0.1, -0.05) is 24.3 Å². The summed E-state index contributed by atoms with van der Waals surface area (Å²) in [7, 11) is 1.98. The van der Waals surface area contributed by atoms with Gasteiger partial charge in [0, 0.05) is 24.8 Å². The minimum atomic E-state index is 0.403. The molecule has 17 heavy (non-hydrogen) atoms. The molecule has 0 aliphatic rings. The third-order valence-electron chi connectivity index (χ3n) is 3.03. The summed E-state index contributed by atoms with van der Waals surface area (Å²) in [5.41, 5.74) is 3.78. The molecule has 0 heterocycles. The largest absolute Gasteiger partial charge is 0.368 e. The second-order valence-electron chi connectivity index (χ2n) is 4.57. The van der Waals surface area contributed by atoms with Gasteiger partial charge in [0.15, 0.2) is 0 Å². The first-order chi connectivity index (χ1) is 8.08. The fourth-order valence-corrected chi connectivity index (χ4v) is 1.85. The topological polar surface area (TPSA) is 15.3 Å². The number of nitrogens with one attached hydrogen (secondary N) is 1. The molecule has 2 nitrogen and oxygen atoms in total. The van der Waals surface area contributed by atoms with E-state index in [1.54, 1.807) is 0 Å². The number of hydrogen-bond donors (Lipinski definition) is 1. The van der Waals surface area contributed by atoms with Gasteiger partial charge in [-0.05, 0) is 45.5 Å². The van der Waals surface area contributed by atoms with Crippen LogP contribution in [0.1, 0.15) is 32.4 Å². The summed E-state index contributed by atoms with van der Waals surface area (Å²) in [6, 6.07) is 9.17. The van der Waals surface area contributed by atoms with Crippen molar-refractivity contribution in [1.82, 2.24) is 5.32 Å². The van der Waals surface area contributed by atoms with Crippen LogP contribution in [-0.4, -0.2) is 20.1 Å². The van der Waals surface area contributed by atoms with E-state index in [-0.39, 0.29) is 0 Å². The Balaban J connectivity index is 2.81. The van der Waals surface area contributed by atoms with Crippen LogP contribution in [0.5, 0.6) is 0 Å². The molecular formula is C15H24N2. The monoisotopic (exact) mass is 232 g/mol. The van der Waals surface area contributed by atoms with E-state index in [1.165, 1.54) is 16.8 Å². The molecule has 0 amide bonds. The lowest BCUT2D eigenvalue weighted by Crippen LogP contribution is -2.24. The minimum Gasteiger partial charge on any atom is -0.368 e. The van der Waals surface area contributed by atoms with Gasteiger partial charge < -0.3 is 10.2 Å². The summed E-state index contributed by atoms with van der Waals surface area (Å²) in [5, 5.41) is 3.25. The zero-order chi connectivity index (χ0) is 12.8. The van der Waals surface area contributed by atoms with Gasteiger partial charge in [-0.2, -0.15) is 0 Å². The molecule has 0 spiro atoms. The molecule has 1 aromatic carbocycles. The van der Waals surface area contributed by atoms with Gasteiger partial charge in [0.2, 0.25) is 0 Å². The highest BCUT2D eigenvalue weighted by molar-refractivity contribution is 5.48. The Morgan fingerprint density at radius 1 is 1.35 bits per heavy atom. The van der Waals surface area contributed by atoms with Crippen molar-refractivity contribution in [3.05, 3.63) is 42.0 Å². The van der Waals surface area contributed by atoms with Gasteiger partial charge in [-0.3, -0.25) is 0 Å². The number of nitrogens with zero attached hydrogens (tertiary/aromatic N) is 1. The zero-order valence-electron chi connectivity index (χ0n) is 11.5. The quantitative estimate of drug-likeness (QED) is 0.757. The normalized spacial score (nSPS) is 12.2. The molecule has 1 N–H and O–H groups in total. The Morgan fingerprint density at radius 2 is 1.94 bits per heavy atom. The predicted octanol–water partition coefficient (Wildman–Crippen LogP) is 3.37. The predicted molar refractivity (Wildman–Crippen MR) is 76.6 cm³/mol. The minimum absolute atomic E-state index is 0.403. The maximum atomic E-state index is 3.98. The summed E-state index contributed by atoms with van der Waals surface area (Å²) in [6.45, 7) is 12.3. The molecule has 0 fully saturated rings. The lowest BCUT2D eigenvalue weighted by Gasteiger charge is -2.24. The Labute approximate surface area is 105 Å². The van der Waals surface area contributed by atoms with Crippen LogP contribution in [0.25, 0.3) is 0 Å². The molecule has 1 rings (SSSR count). The van der Waals surface area contributed by atoms with Gasteiger partial charge in [0.1, 0.15) is 0 Å². The van der Waals surface area contributed by atoms with Crippen LogP contribution >= 0.6 is 0 Å². The second-order valence-corrected chi connectivity index (χ2v) is 4.57. The van der Waals surface area contributed by atoms with E-state index >= 15 is 0 Å². The van der Waals surface area contributed by atoms with Crippen LogP contribution in [0.2, 0.25) is 0 Å². The van der Waals surface area contributed by atoms with Gasteiger partial charge in [0.05, 0.1) is 0 Å². The van der Waals surface area contributed by atoms with Crippen molar-refractivity contribution in [1.29, 1.82) is 0 Å². The summed E-state index contributed by atoms with van der Waals surface area (Å²) < 4.78 is 0. The Morgan fingerprint density at radius 3 is 2.35 bits per heavy atom. The van der Waals surface area contributed by atoms with Crippen molar-refractivity contribution in [2.75, 3.05) is 25.0 Å². The molecule has 2 heteroatoms. The van der Waals surface area contributed by atoms with E-state index in [0.29, 0.717) is 6.04 Å². The molecule has 0 saturated carbocycles. The highest BCUT2D eigenvalue weighted by Gasteiger charge is 2.06. The third-order valence-corrected chi connectivity index (χ3v) is 3.03. The standard InChI is InChI=1S/C15H24N2/c1-6-17(11-12(2)3)15-9-7-14(8-10-15)13(4)16-5/h7-10,13,16H,2,6,11H2,1,3-5H3. The summed E-state index contributed by atoms with van der Waals surface area (Å²) in [6.07, 6.45) is 0. The van der Waals surface area contributed by atoms with Crippen LogP contribution in [0.3, 0.4) is 0 Å². The average molecular weight is 232 g/mol. The number of hydrogen-bond acceptors (Lipinski definition) is 2. The highest BCUT2D eigenvalue weighted by atomic mass is 15.1. The average Bonchev–Trinajstić information content (AvgIpc) is 2.35. The van der Waals surface area contributed by atoms with Gasteiger partial charge >= 0.3 is 0 Å². The molecule has 0 aromatic heterocycles. The molecule has 1 aromatic rings. The summed E-state index contributed by atoms with van der Waals surface area (Å²) >= 11 is 0. The fraction of sp³-hybridized carbons (Fsp3) is 0.467. The van der Waals surface area contributed by atoms with E-state index < -0.39 is 0 Å². The maximum absolute atomic E-state index is 3.98. The Bertz CT molecular complexity index is 354. The molecule has 1 atom stereocenters. The molecule has 1 unspecified atom stereocenters. The molecular weight excluding hydrogens is 208 g/mol. The zero-order valence-corrected chi connectivity index (χ0v) is 11.5. The van der Waals surface area contributed by atoms with E-state index in [1.807, 2.05) is 7.05 Å². The Hall–Kier alpha value is -1.28. The van der Waals surface area contributed by atoms with E-state index in [4.69, 9.17) is 0 Å². The maximum Gasteiger partial charge on any atom is 0.0383 e. The lowest BCUT2D eigenvalue weighted by atomic mass is 10.1. The van der Waals surface area contributed by atoms with Gasteiger partial charge in [0.25, 0.3) is 0 Å². The van der Waals surface area contributed by atoms with Crippen molar-refractivity contribution in [2.24, 2.45) is 0 Å². The van der Waals surface area contributed by atoms with Crippen molar-refractivity contribution in [3.8, 4) is 0 Å². The van der Waals surface area contributed by atoms with Crippen LogP contribution in [0.4, 0.5) is 5.69 Å². The SMILES string of the molecule is C=C(C)CN(CC)c1ccc(C(C)NC)cc1.